The lowest BCUT2D eigenvalue weighted by molar-refractivity contribution is 0.415. The van der Waals surface area contributed by atoms with Crippen LogP contribution in [-0.4, -0.2) is 20.2 Å². The number of hydrogen-bond donors (Lipinski definition) is 1. The largest absolute Gasteiger partial charge is 0.497 e. The molecule has 1 aromatic rings. The van der Waals surface area contributed by atoms with Crippen molar-refractivity contribution in [3.05, 3.63) is 35.9 Å². The number of nitrogens with one attached hydrogen (secondary N) is 1. The third kappa shape index (κ3) is 7.03. The Morgan fingerprint density at radius 2 is 1.88 bits per heavy atom. The Bertz CT molecular complexity index is 319. The number of methoxy groups -OCH3 is 1. The van der Waals surface area contributed by atoms with Crippen molar-refractivity contribution in [3.8, 4) is 5.75 Å². The molecule has 0 spiro atoms. The number of hydrogen-bond acceptors (Lipinski definition) is 2. The van der Waals surface area contributed by atoms with Crippen LogP contribution in [0.4, 0.5) is 0 Å². The number of ether oxygens (including phenoxy) is 1. The lowest BCUT2D eigenvalue weighted by atomic mass is 10.2. The first kappa shape index (κ1) is 16.0. The van der Waals surface area contributed by atoms with E-state index in [0.29, 0.717) is 5.92 Å². The molecule has 3 heteroatoms. The Balaban J connectivity index is 0.00000256. The number of benzene rings is 1. The molecular weight excluding hydrogens is 234 g/mol. The fourth-order valence-corrected chi connectivity index (χ4v) is 1.37. The van der Waals surface area contributed by atoms with Gasteiger partial charge in [-0.2, -0.15) is 0 Å². The highest BCUT2D eigenvalue weighted by Gasteiger charge is 1.91. The van der Waals surface area contributed by atoms with E-state index in [1.54, 1.807) is 7.11 Å². The van der Waals surface area contributed by atoms with E-state index in [4.69, 9.17) is 4.74 Å². The molecule has 1 N–H and O–H groups in total. The van der Waals surface area contributed by atoms with Crippen molar-refractivity contribution in [2.24, 2.45) is 5.92 Å². The number of halogens is 1. The molecule has 96 valence electrons. The van der Waals surface area contributed by atoms with Crippen LogP contribution >= 0.6 is 12.4 Å². The summed E-state index contributed by atoms with van der Waals surface area (Å²) in [6.07, 6.45) is 4.26. The smallest absolute Gasteiger partial charge is 0.118 e. The SMILES string of the molecule is COc1ccc(C=CCNCC(C)C)cc1.Cl. The Morgan fingerprint density at radius 3 is 2.41 bits per heavy atom. The quantitative estimate of drug-likeness (QED) is 0.787. The first-order valence-corrected chi connectivity index (χ1v) is 5.73. The van der Waals surface area contributed by atoms with Gasteiger partial charge >= 0.3 is 0 Å². The third-order valence-electron chi connectivity index (χ3n) is 2.24. The fourth-order valence-electron chi connectivity index (χ4n) is 1.37. The zero-order chi connectivity index (χ0) is 11.8. The summed E-state index contributed by atoms with van der Waals surface area (Å²) in [5, 5.41) is 3.37. The summed E-state index contributed by atoms with van der Waals surface area (Å²) >= 11 is 0. The minimum absolute atomic E-state index is 0. The van der Waals surface area contributed by atoms with Crippen LogP contribution < -0.4 is 10.1 Å². The van der Waals surface area contributed by atoms with Crippen molar-refractivity contribution in [1.29, 1.82) is 0 Å². The van der Waals surface area contributed by atoms with E-state index >= 15 is 0 Å². The van der Waals surface area contributed by atoms with E-state index < -0.39 is 0 Å². The van der Waals surface area contributed by atoms with Gasteiger partial charge in [-0.15, -0.1) is 12.4 Å². The minimum atomic E-state index is 0. The normalized spacial score (nSPS) is 10.6. The van der Waals surface area contributed by atoms with E-state index in [9.17, 15) is 0 Å². The third-order valence-corrected chi connectivity index (χ3v) is 2.24. The highest BCUT2D eigenvalue weighted by Crippen LogP contribution is 2.11. The first-order chi connectivity index (χ1) is 7.72. The Labute approximate surface area is 110 Å². The van der Waals surface area contributed by atoms with Crippen molar-refractivity contribution in [1.82, 2.24) is 5.32 Å². The molecule has 0 aliphatic rings. The van der Waals surface area contributed by atoms with Gasteiger partial charge in [0.1, 0.15) is 5.75 Å². The van der Waals surface area contributed by atoms with E-state index in [0.717, 1.165) is 18.8 Å². The molecule has 0 fully saturated rings. The van der Waals surface area contributed by atoms with Crippen LogP contribution in [0.15, 0.2) is 30.3 Å². The maximum absolute atomic E-state index is 5.10. The average molecular weight is 256 g/mol. The van der Waals surface area contributed by atoms with Crippen LogP contribution in [0, 0.1) is 5.92 Å². The monoisotopic (exact) mass is 255 g/mol. The summed E-state index contributed by atoms with van der Waals surface area (Å²) in [6, 6.07) is 8.05. The lowest BCUT2D eigenvalue weighted by Crippen LogP contribution is -2.19. The van der Waals surface area contributed by atoms with Gasteiger partial charge in [-0.25, -0.2) is 0 Å². The maximum atomic E-state index is 5.10. The van der Waals surface area contributed by atoms with Crippen LogP contribution in [0.3, 0.4) is 0 Å². The van der Waals surface area contributed by atoms with Gasteiger partial charge in [-0.1, -0.05) is 38.1 Å². The van der Waals surface area contributed by atoms with Crippen LogP contribution in [0.25, 0.3) is 6.08 Å². The molecule has 0 saturated heterocycles. The molecule has 0 aromatic heterocycles. The molecule has 0 aliphatic carbocycles. The molecule has 1 rings (SSSR count). The van der Waals surface area contributed by atoms with Gasteiger partial charge in [0.05, 0.1) is 7.11 Å². The summed E-state index contributed by atoms with van der Waals surface area (Å²) in [6.45, 7) is 6.40. The van der Waals surface area contributed by atoms with Gasteiger partial charge in [-0.3, -0.25) is 0 Å². The summed E-state index contributed by atoms with van der Waals surface area (Å²) in [4.78, 5) is 0. The predicted molar refractivity (Wildman–Crippen MR) is 77.0 cm³/mol. The van der Waals surface area contributed by atoms with Gasteiger partial charge in [0, 0.05) is 6.54 Å². The minimum Gasteiger partial charge on any atom is -0.497 e. The summed E-state index contributed by atoms with van der Waals surface area (Å²) in [7, 11) is 1.68. The van der Waals surface area contributed by atoms with Gasteiger partial charge in [0.15, 0.2) is 0 Å². The molecule has 0 aliphatic heterocycles. The first-order valence-electron chi connectivity index (χ1n) is 5.73. The maximum Gasteiger partial charge on any atom is 0.118 e. The second kappa shape index (κ2) is 9.08. The summed E-state index contributed by atoms with van der Waals surface area (Å²) in [5.74, 6) is 1.60. The molecule has 2 nitrogen and oxygen atoms in total. The number of rotatable bonds is 6. The van der Waals surface area contributed by atoms with E-state index in [1.165, 1.54) is 5.56 Å². The second-order valence-electron chi connectivity index (χ2n) is 4.23. The van der Waals surface area contributed by atoms with Crippen molar-refractivity contribution in [2.75, 3.05) is 20.2 Å². The molecule has 0 unspecified atom stereocenters. The molecule has 0 radical (unpaired) electrons. The van der Waals surface area contributed by atoms with Crippen LogP contribution in [0.5, 0.6) is 5.75 Å². The molecule has 0 bridgehead atoms. The molecule has 1 aromatic carbocycles. The van der Waals surface area contributed by atoms with Crippen molar-refractivity contribution in [3.63, 3.8) is 0 Å². The van der Waals surface area contributed by atoms with Crippen LogP contribution in [-0.2, 0) is 0 Å². The standard InChI is InChI=1S/C14H21NO.ClH/c1-12(2)11-15-10-4-5-13-6-8-14(16-3)9-7-13;/h4-9,12,15H,10-11H2,1-3H3;1H. The molecular formula is C14H22ClNO. The highest BCUT2D eigenvalue weighted by molar-refractivity contribution is 5.85. The molecule has 0 heterocycles. The van der Waals surface area contributed by atoms with Gasteiger partial charge in [0.2, 0.25) is 0 Å². The highest BCUT2D eigenvalue weighted by atomic mass is 35.5. The van der Waals surface area contributed by atoms with Gasteiger partial charge < -0.3 is 10.1 Å². The second-order valence-corrected chi connectivity index (χ2v) is 4.23. The van der Waals surface area contributed by atoms with E-state index in [1.807, 2.05) is 12.1 Å². The van der Waals surface area contributed by atoms with E-state index in [2.05, 4.69) is 43.4 Å². The van der Waals surface area contributed by atoms with Crippen LogP contribution in [0.1, 0.15) is 19.4 Å². The predicted octanol–water partition coefficient (Wildman–Crippen LogP) is 3.38. The Hall–Kier alpha value is -0.990. The van der Waals surface area contributed by atoms with Crippen LogP contribution in [0.2, 0.25) is 0 Å². The molecule has 17 heavy (non-hydrogen) atoms. The molecule has 0 amide bonds. The summed E-state index contributed by atoms with van der Waals surface area (Å²) < 4.78 is 5.10. The molecule has 0 atom stereocenters. The molecule has 0 saturated carbocycles. The van der Waals surface area contributed by atoms with Crippen molar-refractivity contribution >= 4 is 18.5 Å². The van der Waals surface area contributed by atoms with Crippen molar-refractivity contribution < 1.29 is 4.74 Å². The van der Waals surface area contributed by atoms with Gasteiger partial charge in [-0.05, 0) is 30.2 Å². The fraction of sp³-hybridized carbons (Fsp3) is 0.429. The summed E-state index contributed by atoms with van der Waals surface area (Å²) in [5.41, 5.74) is 1.20. The topological polar surface area (TPSA) is 21.3 Å². The lowest BCUT2D eigenvalue weighted by Gasteiger charge is -2.03. The van der Waals surface area contributed by atoms with Gasteiger partial charge in [0.25, 0.3) is 0 Å². The van der Waals surface area contributed by atoms with Crippen molar-refractivity contribution in [2.45, 2.75) is 13.8 Å². The van der Waals surface area contributed by atoms with E-state index in [-0.39, 0.29) is 12.4 Å². The zero-order valence-electron chi connectivity index (χ0n) is 10.8. The Kier molecular flexibility index (Phi) is 8.55. The average Bonchev–Trinajstić information content (AvgIpc) is 2.29. The zero-order valence-corrected chi connectivity index (χ0v) is 11.6. The Morgan fingerprint density at radius 1 is 1.24 bits per heavy atom.